The Bertz CT molecular complexity index is 851. The number of aromatic nitrogens is 4. The fourth-order valence-corrected chi connectivity index (χ4v) is 1.96. The first-order chi connectivity index (χ1) is 10.9. The Hall–Kier alpha value is -2.78. The van der Waals surface area contributed by atoms with Crippen molar-refractivity contribution in [2.24, 2.45) is 0 Å². The lowest BCUT2D eigenvalue weighted by Crippen LogP contribution is -2.04. The highest BCUT2D eigenvalue weighted by Gasteiger charge is 2.16. The molecule has 0 atom stereocenters. The van der Waals surface area contributed by atoms with Crippen molar-refractivity contribution >= 4 is 11.2 Å². The van der Waals surface area contributed by atoms with E-state index in [0.29, 0.717) is 4.68 Å². The van der Waals surface area contributed by atoms with Crippen LogP contribution in [0.15, 0.2) is 30.6 Å². The largest absolute Gasteiger partial charge is 0.434 e. The first kappa shape index (κ1) is 15.1. The Morgan fingerprint density at radius 3 is 2.61 bits per heavy atom. The molecule has 10 heteroatoms. The summed E-state index contributed by atoms with van der Waals surface area (Å²) >= 11 is 0. The number of hydrogen-bond donors (Lipinski definition) is 0. The van der Waals surface area contributed by atoms with Crippen LogP contribution in [0.5, 0.6) is 5.75 Å². The second kappa shape index (κ2) is 5.78. The molecule has 3 aromatic rings. The number of benzene rings is 1. The molecule has 2 aromatic heterocycles. The van der Waals surface area contributed by atoms with Crippen molar-refractivity contribution in [1.29, 1.82) is 0 Å². The van der Waals surface area contributed by atoms with Gasteiger partial charge in [0, 0.05) is 11.6 Å². The molecule has 0 aliphatic carbocycles. The highest BCUT2D eigenvalue weighted by molar-refractivity contribution is 5.75. The summed E-state index contributed by atoms with van der Waals surface area (Å²) in [4.78, 5) is 7.86. The van der Waals surface area contributed by atoms with Crippen molar-refractivity contribution in [1.82, 2.24) is 19.7 Å². The van der Waals surface area contributed by atoms with Gasteiger partial charge in [0.2, 0.25) is 0 Å². The SMILES string of the molecule is Fc1ccc(-c2cnc3nn(C(F)F)cc3n2)c(OC(F)F)c1. The molecular weight excluding hydrogens is 323 g/mol. The first-order valence-electron chi connectivity index (χ1n) is 6.19. The summed E-state index contributed by atoms with van der Waals surface area (Å²) < 4.78 is 67.8. The summed E-state index contributed by atoms with van der Waals surface area (Å²) in [5, 5.41) is 3.51. The number of hydrogen-bond acceptors (Lipinski definition) is 4. The lowest BCUT2D eigenvalue weighted by atomic mass is 10.1. The second-order valence-corrected chi connectivity index (χ2v) is 4.37. The lowest BCUT2D eigenvalue weighted by Gasteiger charge is -2.10. The zero-order chi connectivity index (χ0) is 16.6. The Morgan fingerprint density at radius 2 is 1.91 bits per heavy atom. The molecule has 0 bridgehead atoms. The molecule has 0 aliphatic rings. The number of fused-ring (bicyclic) bond motifs is 1. The van der Waals surface area contributed by atoms with Gasteiger partial charge in [-0.15, -0.1) is 5.10 Å². The van der Waals surface area contributed by atoms with Crippen LogP contribution in [0.4, 0.5) is 22.0 Å². The van der Waals surface area contributed by atoms with Crippen molar-refractivity contribution in [3.8, 4) is 17.0 Å². The fourth-order valence-electron chi connectivity index (χ4n) is 1.96. The third-order valence-electron chi connectivity index (χ3n) is 2.88. The summed E-state index contributed by atoms with van der Waals surface area (Å²) in [6.45, 7) is -6.02. The van der Waals surface area contributed by atoms with Gasteiger partial charge in [0.15, 0.2) is 5.65 Å². The van der Waals surface area contributed by atoms with Crippen LogP contribution in [0.1, 0.15) is 6.55 Å². The average molecular weight is 330 g/mol. The van der Waals surface area contributed by atoms with E-state index in [9.17, 15) is 22.0 Å². The summed E-state index contributed by atoms with van der Waals surface area (Å²) in [5.41, 5.74) is 0.107. The molecule has 0 unspecified atom stereocenters. The van der Waals surface area contributed by atoms with E-state index in [2.05, 4.69) is 19.8 Å². The molecule has 2 heterocycles. The smallest absolute Gasteiger partial charge is 0.387 e. The normalized spacial score (nSPS) is 11.6. The number of rotatable bonds is 4. The van der Waals surface area contributed by atoms with E-state index in [-0.39, 0.29) is 22.4 Å². The minimum Gasteiger partial charge on any atom is -0.434 e. The van der Waals surface area contributed by atoms with E-state index >= 15 is 0 Å². The van der Waals surface area contributed by atoms with Crippen LogP contribution in [0.2, 0.25) is 0 Å². The van der Waals surface area contributed by atoms with E-state index in [1.165, 1.54) is 6.07 Å². The van der Waals surface area contributed by atoms with E-state index in [0.717, 1.165) is 24.5 Å². The molecule has 0 fully saturated rings. The monoisotopic (exact) mass is 330 g/mol. The van der Waals surface area contributed by atoms with E-state index in [4.69, 9.17) is 0 Å². The van der Waals surface area contributed by atoms with Gasteiger partial charge in [0.1, 0.15) is 17.1 Å². The van der Waals surface area contributed by atoms with Crippen LogP contribution in [0, 0.1) is 5.82 Å². The number of alkyl halides is 4. The molecule has 0 aliphatic heterocycles. The molecule has 5 nitrogen and oxygen atoms in total. The van der Waals surface area contributed by atoms with Crippen LogP contribution in [0.3, 0.4) is 0 Å². The maximum atomic E-state index is 13.2. The molecule has 0 amide bonds. The Morgan fingerprint density at radius 1 is 1.13 bits per heavy atom. The molecule has 0 spiro atoms. The number of nitrogens with zero attached hydrogens (tertiary/aromatic N) is 4. The summed E-state index contributed by atoms with van der Waals surface area (Å²) in [5.74, 6) is -1.21. The fraction of sp³-hybridized carbons (Fsp3) is 0.154. The van der Waals surface area contributed by atoms with Crippen LogP contribution >= 0.6 is 0 Å². The molecule has 0 N–H and O–H groups in total. The molecule has 0 radical (unpaired) electrons. The zero-order valence-corrected chi connectivity index (χ0v) is 11.1. The van der Waals surface area contributed by atoms with Crippen LogP contribution in [-0.2, 0) is 0 Å². The van der Waals surface area contributed by atoms with Gasteiger partial charge in [-0.25, -0.2) is 19.0 Å². The van der Waals surface area contributed by atoms with Crippen LogP contribution in [-0.4, -0.2) is 26.4 Å². The third kappa shape index (κ3) is 3.05. The van der Waals surface area contributed by atoms with Gasteiger partial charge in [-0.1, -0.05) is 0 Å². The molecule has 120 valence electrons. The van der Waals surface area contributed by atoms with Crippen molar-refractivity contribution < 1.29 is 26.7 Å². The average Bonchev–Trinajstić information content (AvgIpc) is 2.90. The molecule has 0 saturated carbocycles. The topological polar surface area (TPSA) is 52.8 Å². The lowest BCUT2D eigenvalue weighted by molar-refractivity contribution is -0.0496. The Labute approximate surface area is 125 Å². The predicted molar refractivity (Wildman–Crippen MR) is 68.6 cm³/mol. The standard InChI is InChI=1S/C13H7F5N4O/c14-6-1-2-7(10(3-6)23-13(17)18)8-4-19-11-9(20-8)5-22(21-11)12(15)16/h1-5,12-13H. The van der Waals surface area contributed by atoms with Crippen molar-refractivity contribution in [2.75, 3.05) is 0 Å². The Balaban J connectivity index is 2.09. The summed E-state index contributed by atoms with van der Waals surface area (Å²) in [6, 6.07) is 2.98. The molecule has 3 rings (SSSR count). The van der Waals surface area contributed by atoms with Gasteiger partial charge >= 0.3 is 13.2 Å². The van der Waals surface area contributed by atoms with Crippen LogP contribution in [0.25, 0.3) is 22.4 Å². The van der Waals surface area contributed by atoms with Crippen LogP contribution < -0.4 is 4.74 Å². The molecule has 1 aromatic carbocycles. The van der Waals surface area contributed by atoms with Crippen molar-refractivity contribution in [3.05, 3.63) is 36.4 Å². The predicted octanol–water partition coefficient (Wildman–Crippen LogP) is 3.63. The zero-order valence-electron chi connectivity index (χ0n) is 11.1. The minimum atomic E-state index is -3.16. The van der Waals surface area contributed by atoms with E-state index in [1.807, 2.05) is 0 Å². The number of halogens is 5. The highest BCUT2D eigenvalue weighted by atomic mass is 19.3. The Kier molecular flexibility index (Phi) is 3.80. The number of ether oxygens (including phenoxy) is 1. The van der Waals surface area contributed by atoms with E-state index in [1.54, 1.807) is 0 Å². The third-order valence-corrected chi connectivity index (χ3v) is 2.88. The van der Waals surface area contributed by atoms with Gasteiger partial charge in [0.25, 0.3) is 0 Å². The molecular formula is C13H7F5N4O. The molecule has 23 heavy (non-hydrogen) atoms. The van der Waals surface area contributed by atoms with Gasteiger partial charge in [-0.05, 0) is 12.1 Å². The van der Waals surface area contributed by atoms with Gasteiger partial charge in [0.05, 0.1) is 18.1 Å². The van der Waals surface area contributed by atoms with E-state index < -0.39 is 24.7 Å². The summed E-state index contributed by atoms with van der Waals surface area (Å²) in [7, 11) is 0. The first-order valence-corrected chi connectivity index (χ1v) is 6.19. The van der Waals surface area contributed by atoms with Crippen molar-refractivity contribution in [3.63, 3.8) is 0 Å². The summed E-state index contributed by atoms with van der Waals surface area (Å²) in [6.07, 6.45) is 2.12. The van der Waals surface area contributed by atoms with Crippen molar-refractivity contribution in [2.45, 2.75) is 13.2 Å². The van der Waals surface area contributed by atoms with Gasteiger partial charge < -0.3 is 4.74 Å². The quantitative estimate of drug-likeness (QED) is 0.686. The maximum Gasteiger partial charge on any atom is 0.387 e. The molecule has 0 saturated heterocycles. The van der Waals surface area contributed by atoms with Gasteiger partial charge in [-0.3, -0.25) is 0 Å². The highest BCUT2D eigenvalue weighted by Crippen LogP contribution is 2.31. The minimum absolute atomic E-state index is 0.0347. The maximum absolute atomic E-state index is 13.2. The van der Waals surface area contributed by atoms with Gasteiger partial charge in [-0.2, -0.15) is 17.6 Å². The second-order valence-electron chi connectivity index (χ2n) is 4.37.